The summed E-state index contributed by atoms with van der Waals surface area (Å²) < 4.78 is 0. The fourth-order valence-corrected chi connectivity index (χ4v) is 2.23. The molecule has 5 heteroatoms. The van der Waals surface area contributed by atoms with E-state index in [1.165, 1.54) is 0 Å². The number of likely N-dealkylation sites (tertiary alicyclic amines) is 1. The number of nitrogens with one attached hydrogen (secondary N) is 1. The number of unbranched alkanes of at least 4 members (excludes halogenated alkanes) is 1. The monoisotopic (exact) mass is 246 g/mol. The standard InChI is InChI=1S/C11H22N2O2S/c14-9-2-1-6-12-10-4-3-7-13(8-5-10)11(15)16/h10,12,14H,1-9H2,(H,15,16). The highest BCUT2D eigenvalue weighted by Gasteiger charge is 2.17. The number of hydrogen-bond acceptors (Lipinski definition) is 3. The van der Waals surface area contributed by atoms with E-state index in [9.17, 15) is 4.79 Å². The van der Waals surface area contributed by atoms with Crippen LogP contribution in [0.5, 0.6) is 0 Å². The Morgan fingerprint density at radius 3 is 2.88 bits per heavy atom. The van der Waals surface area contributed by atoms with Gasteiger partial charge in [0.1, 0.15) is 0 Å². The minimum Gasteiger partial charge on any atom is -0.396 e. The molecule has 2 N–H and O–H groups in total. The molecule has 1 aliphatic rings. The van der Waals surface area contributed by atoms with Crippen LogP contribution in [0.3, 0.4) is 0 Å². The quantitative estimate of drug-likeness (QED) is 0.505. The number of nitrogens with zero attached hydrogens (tertiary/aromatic N) is 1. The zero-order chi connectivity index (χ0) is 11.8. The predicted molar refractivity (Wildman–Crippen MR) is 67.9 cm³/mol. The summed E-state index contributed by atoms with van der Waals surface area (Å²) in [6.45, 7) is 2.87. The van der Waals surface area contributed by atoms with Crippen LogP contribution in [0.4, 0.5) is 4.79 Å². The molecule has 1 amide bonds. The maximum Gasteiger partial charge on any atom is 0.278 e. The number of amides is 1. The normalized spacial score (nSPS) is 21.9. The topological polar surface area (TPSA) is 52.6 Å². The average molecular weight is 246 g/mol. The lowest BCUT2D eigenvalue weighted by atomic mass is 10.1. The first-order valence-electron chi connectivity index (χ1n) is 6.06. The Morgan fingerprint density at radius 1 is 1.38 bits per heavy atom. The first-order chi connectivity index (χ1) is 7.74. The molecule has 1 heterocycles. The Kier molecular flexibility index (Phi) is 6.84. The second-order valence-electron chi connectivity index (χ2n) is 4.28. The highest BCUT2D eigenvalue weighted by Crippen LogP contribution is 2.12. The smallest absolute Gasteiger partial charge is 0.278 e. The number of carbonyl (C=O) groups excluding carboxylic acids is 1. The lowest BCUT2D eigenvalue weighted by Gasteiger charge is -2.18. The first kappa shape index (κ1) is 13.8. The van der Waals surface area contributed by atoms with Gasteiger partial charge in [-0.25, -0.2) is 0 Å². The molecule has 1 fully saturated rings. The minimum absolute atomic E-state index is 0.110. The van der Waals surface area contributed by atoms with Gasteiger partial charge in [-0.15, -0.1) is 0 Å². The fourth-order valence-electron chi connectivity index (χ4n) is 2.03. The Balaban J connectivity index is 2.17. The molecule has 1 saturated heterocycles. The van der Waals surface area contributed by atoms with Crippen LogP contribution in [0.25, 0.3) is 0 Å². The Labute approximate surface area is 103 Å². The molecule has 16 heavy (non-hydrogen) atoms. The maximum atomic E-state index is 11.1. The molecule has 1 atom stereocenters. The molecular weight excluding hydrogens is 224 g/mol. The van der Waals surface area contributed by atoms with Crippen molar-refractivity contribution in [2.24, 2.45) is 0 Å². The average Bonchev–Trinajstić information content (AvgIpc) is 2.50. The summed E-state index contributed by atoms with van der Waals surface area (Å²) >= 11 is 3.86. The highest BCUT2D eigenvalue weighted by molar-refractivity contribution is 7.96. The van der Waals surface area contributed by atoms with Gasteiger partial charge in [0.25, 0.3) is 5.24 Å². The van der Waals surface area contributed by atoms with Crippen molar-refractivity contribution in [1.29, 1.82) is 0 Å². The third-order valence-corrected chi connectivity index (χ3v) is 3.30. The van der Waals surface area contributed by atoms with Crippen LogP contribution in [0.1, 0.15) is 32.1 Å². The van der Waals surface area contributed by atoms with Crippen LogP contribution in [0, 0.1) is 0 Å². The van der Waals surface area contributed by atoms with Gasteiger partial charge in [-0.2, -0.15) is 0 Å². The number of rotatable bonds is 5. The first-order valence-corrected chi connectivity index (χ1v) is 6.51. The summed E-state index contributed by atoms with van der Waals surface area (Å²) in [5.74, 6) is 0. The second-order valence-corrected chi connectivity index (χ2v) is 4.66. The lowest BCUT2D eigenvalue weighted by molar-refractivity contribution is 0.225. The Morgan fingerprint density at radius 2 is 2.19 bits per heavy atom. The third kappa shape index (κ3) is 5.18. The molecule has 0 aliphatic carbocycles. The summed E-state index contributed by atoms with van der Waals surface area (Å²) in [4.78, 5) is 12.9. The zero-order valence-corrected chi connectivity index (χ0v) is 10.6. The second kappa shape index (κ2) is 7.92. The highest BCUT2D eigenvalue weighted by atomic mass is 32.1. The molecule has 0 aromatic rings. The largest absolute Gasteiger partial charge is 0.396 e. The van der Waals surface area contributed by atoms with Gasteiger partial charge < -0.3 is 15.3 Å². The number of thiol groups is 1. The van der Waals surface area contributed by atoms with E-state index in [0.717, 1.165) is 51.7 Å². The van der Waals surface area contributed by atoms with E-state index in [1.54, 1.807) is 4.90 Å². The number of aliphatic hydroxyl groups is 1. The lowest BCUT2D eigenvalue weighted by Crippen LogP contribution is -2.32. The molecule has 0 aromatic heterocycles. The van der Waals surface area contributed by atoms with Gasteiger partial charge in [-0.05, 0) is 38.6 Å². The van der Waals surface area contributed by atoms with Gasteiger partial charge in [0.05, 0.1) is 0 Å². The van der Waals surface area contributed by atoms with Gasteiger partial charge in [0.2, 0.25) is 0 Å². The van der Waals surface area contributed by atoms with Crippen LogP contribution >= 0.6 is 12.6 Å². The molecule has 0 bridgehead atoms. The number of aliphatic hydroxyl groups excluding tert-OH is 1. The number of hydrogen-bond donors (Lipinski definition) is 3. The molecular formula is C11H22N2O2S. The molecule has 4 nitrogen and oxygen atoms in total. The van der Waals surface area contributed by atoms with E-state index in [0.29, 0.717) is 6.04 Å². The molecule has 94 valence electrons. The van der Waals surface area contributed by atoms with Crippen LogP contribution < -0.4 is 5.32 Å². The van der Waals surface area contributed by atoms with Crippen molar-refractivity contribution in [1.82, 2.24) is 10.2 Å². The van der Waals surface area contributed by atoms with Gasteiger partial charge in [0.15, 0.2) is 0 Å². The molecule has 0 spiro atoms. The van der Waals surface area contributed by atoms with Crippen LogP contribution in [0.2, 0.25) is 0 Å². The van der Waals surface area contributed by atoms with Crippen LogP contribution in [-0.2, 0) is 0 Å². The maximum absolute atomic E-state index is 11.1. The molecule has 1 aliphatic heterocycles. The zero-order valence-electron chi connectivity index (χ0n) is 9.69. The Hall–Kier alpha value is -0.260. The summed E-state index contributed by atoms with van der Waals surface area (Å²) in [5.41, 5.74) is 0. The van der Waals surface area contributed by atoms with E-state index in [-0.39, 0.29) is 11.8 Å². The Bertz CT molecular complexity index is 214. The van der Waals surface area contributed by atoms with E-state index >= 15 is 0 Å². The van der Waals surface area contributed by atoms with Crippen molar-refractivity contribution in [2.45, 2.75) is 38.1 Å². The molecule has 0 saturated carbocycles. The van der Waals surface area contributed by atoms with Gasteiger partial charge in [0, 0.05) is 25.7 Å². The van der Waals surface area contributed by atoms with E-state index < -0.39 is 0 Å². The van der Waals surface area contributed by atoms with Gasteiger partial charge in [-0.3, -0.25) is 4.79 Å². The van der Waals surface area contributed by atoms with Crippen molar-refractivity contribution in [3.8, 4) is 0 Å². The minimum atomic E-state index is -0.110. The third-order valence-electron chi connectivity index (χ3n) is 3.02. The van der Waals surface area contributed by atoms with Crippen molar-refractivity contribution in [3.05, 3.63) is 0 Å². The van der Waals surface area contributed by atoms with Crippen molar-refractivity contribution in [3.63, 3.8) is 0 Å². The number of carbonyl (C=O) groups is 1. The predicted octanol–water partition coefficient (Wildman–Crippen LogP) is 1.25. The summed E-state index contributed by atoms with van der Waals surface area (Å²) in [5, 5.41) is 12.0. The molecule has 1 rings (SSSR count). The van der Waals surface area contributed by atoms with E-state index in [1.807, 2.05) is 0 Å². The van der Waals surface area contributed by atoms with Gasteiger partial charge >= 0.3 is 0 Å². The SMILES string of the molecule is O=C(S)N1CCCC(NCCCCO)CC1. The summed E-state index contributed by atoms with van der Waals surface area (Å²) in [6.07, 6.45) is 5.05. The molecule has 0 radical (unpaired) electrons. The van der Waals surface area contributed by atoms with Gasteiger partial charge in [-0.1, -0.05) is 12.6 Å². The summed E-state index contributed by atoms with van der Waals surface area (Å²) in [7, 11) is 0. The van der Waals surface area contributed by atoms with Crippen molar-refractivity contribution >= 4 is 17.9 Å². The van der Waals surface area contributed by atoms with E-state index in [2.05, 4.69) is 17.9 Å². The van der Waals surface area contributed by atoms with Crippen molar-refractivity contribution < 1.29 is 9.90 Å². The van der Waals surface area contributed by atoms with E-state index in [4.69, 9.17) is 5.11 Å². The van der Waals surface area contributed by atoms with Crippen LogP contribution in [-0.4, -0.2) is 47.5 Å². The molecule has 1 unspecified atom stereocenters. The summed E-state index contributed by atoms with van der Waals surface area (Å²) in [6, 6.07) is 0.511. The van der Waals surface area contributed by atoms with Crippen molar-refractivity contribution in [2.75, 3.05) is 26.2 Å². The fraction of sp³-hybridized carbons (Fsp3) is 0.909. The molecule has 0 aromatic carbocycles. The van der Waals surface area contributed by atoms with Crippen LogP contribution in [0.15, 0.2) is 0 Å².